The third kappa shape index (κ3) is 6.39. The molecule has 3 N–H and O–H groups in total. The van der Waals surface area contributed by atoms with Crippen molar-refractivity contribution in [2.75, 3.05) is 16.0 Å². The van der Waals surface area contributed by atoms with E-state index in [1.54, 1.807) is 18.5 Å². The van der Waals surface area contributed by atoms with Crippen LogP contribution in [0.2, 0.25) is 0 Å². The molecule has 4 rings (SSSR count). The van der Waals surface area contributed by atoms with E-state index in [1.807, 2.05) is 42.5 Å². The van der Waals surface area contributed by atoms with Crippen LogP contribution in [0, 0.1) is 0 Å². The second-order valence-electron chi connectivity index (χ2n) is 7.06. The average molecular weight is 451 g/mol. The summed E-state index contributed by atoms with van der Waals surface area (Å²) in [5, 5.41) is 9.23. The number of nitrogens with one attached hydrogen (secondary N) is 3. The molecule has 0 radical (unpaired) electrons. The van der Waals surface area contributed by atoms with Crippen LogP contribution in [-0.4, -0.2) is 19.9 Å². The molecule has 0 saturated carbocycles. The molecule has 2 aromatic heterocycles. The molecule has 4 aromatic rings. The molecule has 0 aliphatic carbocycles. The van der Waals surface area contributed by atoms with Crippen LogP contribution in [0.5, 0.6) is 0 Å². The Morgan fingerprint density at radius 1 is 0.667 bits per heavy atom. The van der Waals surface area contributed by atoms with Crippen molar-refractivity contribution < 1.29 is 13.2 Å². The third-order valence-electron chi connectivity index (χ3n) is 4.57. The molecule has 10 heteroatoms. The Balaban J connectivity index is 1.53. The Hall–Kier alpha value is -4.21. The maximum absolute atomic E-state index is 13.0. The summed E-state index contributed by atoms with van der Waals surface area (Å²) in [5.74, 6) is 0.824. The number of pyridine rings is 1. The van der Waals surface area contributed by atoms with E-state index in [1.165, 1.54) is 6.07 Å². The van der Waals surface area contributed by atoms with Gasteiger partial charge < -0.3 is 16.0 Å². The number of para-hydroxylation sites is 1. The molecule has 168 valence electrons. The summed E-state index contributed by atoms with van der Waals surface area (Å²) in [5.41, 5.74) is 1.52. The fourth-order valence-electron chi connectivity index (χ4n) is 2.96. The molecule has 0 aliphatic rings. The molecule has 0 fully saturated rings. The van der Waals surface area contributed by atoms with Gasteiger partial charge in [-0.15, -0.1) is 0 Å². The van der Waals surface area contributed by atoms with Crippen LogP contribution in [0.25, 0.3) is 0 Å². The van der Waals surface area contributed by atoms with E-state index in [0.29, 0.717) is 24.0 Å². The molecular formula is C23H20F3N7. The lowest BCUT2D eigenvalue weighted by Crippen LogP contribution is -2.12. The van der Waals surface area contributed by atoms with Gasteiger partial charge in [0.2, 0.25) is 17.8 Å². The summed E-state index contributed by atoms with van der Waals surface area (Å²) in [6.07, 6.45) is -1.02. The van der Waals surface area contributed by atoms with Crippen molar-refractivity contribution in [1.82, 2.24) is 19.9 Å². The minimum atomic E-state index is -4.40. The molecule has 0 amide bonds. The number of hydrogen-bond acceptors (Lipinski definition) is 7. The first-order valence-electron chi connectivity index (χ1n) is 10.1. The van der Waals surface area contributed by atoms with Crippen LogP contribution in [-0.2, 0) is 19.3 Å². The first-order chi connectivity index (χ1) is 16.0. The van der Waals surface area contributed by atoms with Gasteiger partial charge in [-0.2, -0.15) is 28.1 Å². The maximum atomic E-state index is 13.0. The van der Waals surface area contributed by atoms with Crippen molar-refractivity contribution in [2.24, 2.45) is 0 Å². The predicted octanol–water partition coefficient (Wildman–Crippen LogP) is 5.25. The molecule has 0 bridgehead atoms. The van der Waals surface area contributed by atoms with Gasteiger partial charge in [0.15, 0.2) is 0 Å². The van der Waals surface area contributed by atoms with Gasteiger partial charge in [-0.3, -0.25) is 4.98 Å². The van der Waals surface area contributed by atoms with E-state index < -0.39 is 11.7 Å². The summed E-state index contributed by atoms with van der Waals surface area (Å²) in [7, 11) is 0. The highest BCUT2D eigenvalue weighted by Gasteiger charge is 2.30. The lowest BCUT2D eigenvalue weighted by molar-refractivity contribution is -0.137. The van der Waals surface area contributed by atoms with Crippen molar-refractivity contribution in [3.8, 4) is 0 Å². The van der Waals surface area contributed by atoms with Crippen LogP contribution >= 0.6 is 0 Å². The quantitative estimate of drug-likeness (QED) is 0.337. The number of nitrogens with zero attached hydrogens (tertiary/aromatic N) is 4. The van der Waals surface area contributed by atoms with Gasteiger partial charge in [0.05, 0.1) is 5.56 Å². The zero-order valence-electron chi connectivity index (χ0n) is 17.3. The van der Waals surface area contributed by atoms with Gasteiger partial charge in [0.25, 0.3) is 0 Å². The van der Waals surface area contributed by atoms with E-state index in [2.05, 4.69) is 35.9 Å². The molecule has 0 atom stereocenters. The second-order valence-corrected chi connectivity index (χ2v) is 7.06. The SMILES string of the molecule is FC(F)(F)c1cccc(CNc2nc(NCc3ccncc3)nc(Nc3ccccc3)n2)c1. The van der Waals surface area contributed by atoms with Gasteiger partial charge in [-0.05, 0) is 47.5 Å². The Bertz CT molecular complexity index is 1190. The van der Waals surface area contributed by atoms with Crippen LogP contribution < -0.4 is 16.0 Å². The minimum Gasteiger partial charge on any atom is -0.350 e. The first-order valence-corrected chi connectivity index (χ1v) is 10.1. The molecular weight excluding hydrogens is 431 g/mol. The maximum Gasteiger partial charge on any atom is 0.416 e. The topological polar surface area (TPSA) is 87.7 Å². The summed E-state index contributed by atoms with van der Waals surface area (Å²) in [6.45, 7) is 0.576. The number of halogens is 3. The molecule has 2 heterocycles. The van der Waals surface area contributed by atoms with E-state index in [-0.39, 0.29) is 12.5 Å². The summed E-state index contributed by atoms with van der Waals surface area (Å²) >= 11 is 0. The Labute approximate surface area is 188 Å². The minimum absolute atomic E-state index is 0.114. The number of benzene rings is 2. The number of rotatable bonds is 8. The largest absolute Gasteiger partial charge is 0.416 e. The van der Waals surface area contributed by atoms with E-state index in [4.69, 9.17) is 0 Å². The highest BCUT2D eigenvalue weighted by Crippen LogP contribution is 2.29. The van der Waals surface area contributed by atoms with Crippen LogP contribution in [0.15, 0.2) is 79.1 Å². The normalized spacial score (nSPS) is 11.1. The third-order valence-corrected chi connectivity index (χ3v) is 4.57. The van der Waals surface area contributed by atoms with Gasteiger partial charge in [-0.1, -0.05) is 30.3 Å². The molecule has 0 unspecified atom stereocenters. The fraction of sp³-hybridized carbons (Fsp3) is 0.130. The molecule has 33 heavy (non-hydrogen) atoms. The van der Waals surface area contributed by atoms with Gasteiger partial charge in [-0.25, -0.2) is 0 Å². The first kappa shape index (κ1) is 22.0. The van der Waals surface area contributed by atoms with Crippen LogP contribution in [0.3, 0.4) is 0 Å². The van der Waals surface area contributed by atoms with Crippen molar-refractivity contribution in [2.45, 2.75) is 19.3 Å². The van der Waals surface area contributed by atoms with E-state index in [0.717, 1.165) is 23.4 Å². The monoisotopic (exact) mass is 451 g/mol. The Morgan fingerprint density at radius 2 is 1.30 bits per heavy atom. The zero-order valence-corrected chi connectivity index (χ0v) is 17.3. The zero-order chi connectivity index (χ0) is 23.1. The molecule has 0 spiro atoms. The molecule has 0 aliphatic heterocycles. The van der Waals surface area contributed by atoms with Gasteiger partial charge in [0.1, 0.15) is 0 Å². The summed E-state index contributed by atoms with van der Waals surface area (Å²) in [6, 6.07) is 18.2. The van der Waals surface area contributed by atoms with Gasteiger partial charge >= 0.3 is 6.18 Å². The molecule has 2 aromatic carbocycles. The number of anilines is 4. The van der Waals surface area contributed by atoms with E-state index >= 15 is 0 Å². The highest BCUT2D eigenvalue weighted by atomic mass is 19.4. The number of hydrogen-bond donors (Lipinski definition) is 3. The Kier molecular flexibility index (Phi) is 6.63. The lowest BCUT2D eigenvalue weighted by Gasteiger charge is -2.12. The second kappa shape index (κ2) is 9.94. The summed E-state index contributed by atoms with van der Waals surface area (Å²) in [4.78, 5) is 17.1. The predicted molar refractivity (Wildman–Crippen MR) is 120 cm³/mol. The fourth-order valence-corrected chi connectivity index (χ4v) is 2.96. The van der Waals surface area contributed by atoms with Crippen molar-refractivity contribution >= 4 is 23.5 Å². The van der Waals surface area contributed by atoms with Gasteiger partial charge in [0, 0.05) is 31.2 Å². The van der Waals surface area contributed by atoms with E-state index in [9.17, 15) is 13.2 Å². The van der Waals surface area contributed by atoms with Crippen molar-refractivity contribution in [3.05, 3.63) is 95.8 Å². The van der Waals surface area contributed by atoms with Crippen LogP contribution in [0.4, 0.5) is 36.7 Å². The van der Waals surface area contributed by atoms with Crippen molar-refractivity contribution in [3.63, 3.8) is 0 Å². The number of alkyl halides is 3. The molecule has 7 nitrogen and oxygen atoms in total. The standard InChI is InChI=1S/C23H20F3N7/c24-23(25,26)18-6-4-5-17(13-18)15-29-21-31-20(28-14-16-9-11-27-12-10-16)32-22(33-21)30-19-7-2-1-3-8-19/h1-13H,14-15H2,(H3,28,29,30,31,32,33). The highest BCUT2D eigenvalue weighted by molar-refractivity contribution is 5.55. The summed E-state index contributed by atoms with van der Waals surface area (Å²) < 4.78 is 39.0. The molecule has 0 saturated heterocycles. The average Bonchev–Trinajstić information content (AvgIpc) is 2.82. The van der Waals surface area contributed by atoms with Crippen molar-refractivity contribution in [1.29, 1.82) is 0 Å². The Morgan fingerprint density at radius 3 is 1.97 bits per heavy atom. The van der Waals surface area contributed by atoms with Crippen LogP contribution in [0.1, 0.15) is 16.7 Å². The smallest absolute Gasteiger partial charge is 0.350 e. The number of aromatic nitrogens is 4. The lowest BCUT2D eigenvalue weighted by atomic mass is 10.1.